The van der Waals surface area contributed by atoms with E-state index in [-0.39, 0.29) is 12.4 Å². The highest BCUT2D eigenvalue weighted by Gasteiger charge is 2.18. The van der Waals surface area contributed by atoms with E-state index < -0.39 is 11.8 Å². The summed E-state index contributed by atoms with van der Waals surface area (Å²) in [5, 5.41) is 9.16. The summed E-state index contributed by atoms with van der Waals surface area (Å²) in [4.78, 5) is 30.7. The minimum Gasteiger partial charge on any atom is -0.488 e. The van der Waals surface area contributed by atoms with Gasteiger partial charge in [0.1, 0.15) is 18.0 Å². The first kappa shape index (κ1) is 15.9. The van der Waals surface area contributed by atoms with Crippen molar-refractivity contribution in [2.24, 2.45) is 0 Å². The summed E-state index contributed by atoms with van der Waals surface area (Å²) in [5.74, 6) is -1.11. The number of carbonyl (C=O) groups is 2. The molecule has 2 rings (SSSR count). The van der Waals surface area contributed by atoms with Gasteiger partial charge in [-0.3, -0.25) is 25.2 Å². The number of hydrogen-bond acceptors (Lipinski definition) is 8. The second-order valence-corrected chi connectivity index (χ2v) is 5.63. The third-order valence-corrected chi connectivity index (χ3v) is 3.46. The average Bonchev–Trinajstić information content (AvgIpc) is 2.92. The van der Waals surface area contributed by atoms with Crippen molar-refractivity contribution in [2.75, 3.05) is 11.9 Å². The fourth-order valence-electron chi connectivity index (χ4n) is 1.47. The van der Waals surface area contributed by atoms with Crippen LogP contribution in [0.5, 0.6) is 0 Å². The molecule has 2 N–H and O–H groups in total. The largest absolute Gasteiger partial charge is 0.488 e. The van der Waals surface area contributed by atoms with Gasteiger partial charge in [0.25, 0.3) is 5.91 Å². The third kappa shape index (κ3) is 4.27. The Morgan fingerprint density at radius 2 is 2.41 bits per heavy atom. The molecule has 1 unspecified atom stereocenters. The number of carbonyl (C=O) groups excluding carboxylic acids is 2. The van der Waals surface area contributed by atoms with Gasteiger partial charge in [0.15, 0.2) is 10.6 Å². The van der Waals surface area contributed by atoms with E-state index in [1.165, 1.54) is 18.6 Å². The number of amides is 1. The van der Waals surface area contributed by atoms with Crippen molar-refractivity contribution in [3.63, 3.8) is 0 Å². The Morgan fingerprint density at radius 1 is 1.59 bits per heavy atom. The van der Waals surface area contributed by atoms with Crippen LogP contribution >= 0.6 is 23.6 Å². The van der Waals surface area contributed by atoms with Crippen molar-refractivity contribution in [2.45, 2.75) is 5.92 Å². The standard InChI is InChI=1S/C12H11N5O3S2/c1-7(8(5-18)9-4-13-2-3-14-9)20-6-10(19)15-11-16-17-12(21)22-11/h2-5,8H,1,6H2,(H,17,21)(H,15,16,19). The van der Waals surface area contributed by atoms with E-state index in [2.05, 4.69) is 32.1 Å². The first-order chi connectivity index (χ1) is 10.6. The molecule has 0 aliphatic carbocycles. The molecule has 0 saturated heterocycles. The van der Waals surface area contributed by atoms with E-state index in [1.54, 1.807) is 0 Å². The van der Waals surface area contributed by atoms with Crippen LogP contribution in [0.3, 0.4) is 0 Å². The lowest BCUT2D eigenvalue weighted by atomic mass is 10.1. The number of nitrogens with zero attached hydrogens (tertiary/aromatic N) is 3. The number of rotatable bonds is 7. The summed E-state index contributed by atoms with van der Waals surface area (Å²) >= 11 is 5.97. The number of hydrogen-bond donors (Lipinski definition) is 2. The summed E-state index contributed by atoms with van der Waals surface area (Å²) in [7, 11) is 0. The summed E-state index contributed by atoms with van der Waals surface area (Å²) in [5.41, 5.74) is 0.396. The van der Waals surface area contributed by atoms with E-state index in [0.29, 0.717) is 21.1 Å². The quantitative estimate of drug-likeness (QED) is 0.447. The molecule has 0 fully saturated rings. The first-order valence-corrected chi connectivity index (χ1v) is 7.20. The first-order valence-electron chi connectivity index (χ1n) is 5.98. The summed E-state index contributed by atoms with van der Waals surface area (Å²) in [6.45, 7) is 3.34. The van der Waals surface area contributed by atoms with Crippen LogP contribution in [-0.2, 0) is 14.3 Å². The van der Waals surface area contributed by atoms with Crippen LogP contribution < -0.4 is 5.32 Å². The van der Waals surface area contributed by atoms with Gasteiger partial charge < -0.3 is 9.53 Å². The number of anilines is 1. The lowest BCUT2D eigenvalue weighted by Crippen LogP contribution is -2.20. The molecule has 2 aromatic rings. The van der Waals surface area contributed by atoms with E-state index in [9.17, 15) is 9.59 Å². The van der Waals surface area contributed by atoms with Gasteiger partial charge in [-0.25, -0.2) is 0 Å². The highest BCUT2D eigenvalue weighted by Crippen LogP contribution is 2.19. The summed E-state index contributed by atoms with van der Waals surface area (Å²) in [6, 6.07) is 0. The van der Waals surface area contributed by atoms with Crippen molar-refractivity contribution in [1.29, 1.82) is 0 Å². The van der Waals surface area contributed by atoms with Gasteiger partial charge in [-0.1, -0.05) is 17.9 Å². The Bertz CT molecular complexity index is 728. The molecule has 0 bridgehead atoms. The number of H-pyrrole nitrogens is 1. The predicted octanol–water partition coefficient (Wildman–Crippen LogP) is 1.44. The molecule has 22 heavy (non-hydrogen) atoms. The SMILES string of the molecule is C=C(OCC(=O)Nc1n[nH]c(=S)s1)C(C=O)c1cnccn1. The molecule has 0 aromatic carbocycles. The zero-order chi connectivity index (χ0) is 15.9. The number of aromatic amines is 1. The van der Waals surface area contributed by atoms with Crippen LogP contribution in [-0.4, -0.2) is 39.0 Å². The molecule has 10 heteroatoms. The maximum Gasteiger partial charge on any atom is 0.264 e. The van der Waals surface area contributed by atoms with Crippen molar-refractivity contribution in [3.05, 3.63) is 40.6 Å². The monoisotopic (exact) mass is 337 g/mol. The van der Waals surface area contributed by atoms with E-state index in [4.69, 9.17) is 17.0 Å². The minimum absolute atomic E-state index is 0.111. The molecule has 1 atom stereocenters. The van der Waals surface area contributed by atoms with E-state index >= 15 is 0 Å². The second-order valence-electron chi connectivity index (χ2n) is 3.97. The van der Waals surface area contributed by atoms with Gasteiger partial charge >= 0.3 is 0 Å². The van der Waals surface area contributed by atoms with E-state index in [1.807, 2.05) is 0 Å². The minimum atomic E-state index is -0.783. The normalized spacial score (nSPS) is 11.5. The van der Waals surface area contributed by atoms with Crippen LogP contribution in [0.4, 0.5) is 5.13 Å². The van der Waals surface area contributed by atoms with Gasteiger partial charge in [-0.15, -0.1) is 5.10 Å². The molecule has 0 saturated carbocycles. The average molecular weight is 337 g/mol. The lowest BCUT2D eigenvalue weighted by molar-refractivity contribution is -0.120. The maximum atomic E-state index is 11.7. The second kappa shape index (κ2) is 7.52. The van der Waals surface area contributed by atoms with Crippen molar-refractivity contribution in [3.8, 4) is 0 Å². The van der Waals surface area contributed by atoms with E-state index in [0.717, 1.165) is 11.3 Å². The topological polar surface area (TPSA) is 110 Å². The molecule has 0 radical (unpaired) electrons. The Kier molecular flexibility index (Phi) is 5.44. The molecule has 1 amide bonds. The molecule has 0 spiro atoms. The van der Waals surface area contributed by atoms with Gasteiger partial charge in [0.05, 0.1) is 5.69 Å². The van der Waals surface area contributed by atoms with Crippen LogP contribution in [0.2, 0.25) is 0 Å². The third-order valence-electron chi connectivity index (χ3n) is 2.46. The Hall–Kier alpha value is -2.46. The smallest absolute Gasteiger partial charge is 0.264 e. The Balaban J connectivity index is 1.90. The molecule has 114 valence electrons. The maximum absolute atomic E-state index is 11.7. The molecule has 8 nitrogen and oxygen atoms in total. The zero-order valence-electron chi connectivity index (χ0n) is 11.2. The fourth-order valence-corrected chi connectivity index (χ4v) is 2.27. The highest BCUT2D eigenvalue weighted by molar-refractivity contribution is 7.73. The number of nitrogens with one attached hydrogen (secondary N) is 2. The van der Waals surface area contributed by atoms with Crippen molar-refractivity contribution < 1.29 is 14.3 Å². The van der Waals surface area contributed by atoms with Gasteiger partial charge in [-0.05, 0) is 12.2 Å². The molecule has 0 aliphatic heterocycles. The highest BCUT2D eigenvalue weighted by atomic mass is 32.1. The predicted molar refractivity (Wildman–Crippen MR) is 81.9 cm³/mol. The number of allylic oxidation sites excluding steroid dienone is 1. The fraction of sp³-hybridized carbons (Fsp3) is 0.167. The molecular weight excluding hydrogens is 326 g/mol. The van der Waals surface area contributed by atoms with Gasteiger partial charge in [0.2, 0.25) is 5.13 Å². The lowest BCUT2D eigenvalue weighted by Gasteiger charge is -2.13. The van der Waals surface area contributed by atoms with Crippen LogP contribution in [0.1, 0.15) is 11.6 Å². The van der Waals surface area contributed by atoms with Crippen molar-refractivity contribution >= 4 is 40.9 Å². The molecular formula is C12H11N5O3S2. The Labute approximate surface area is 134 Å². The zero-order valence-corrected chi connectivity index (χ0v) is 12.8. The van der Waals surface area contributed by atoms with Gasteiger partial charge in [0, 0.05) is 18.6 Å². The van der Waals surface area contributed by atoms with Crippen molar-refractivity contribution in [1.82, 2.24) is 20.2 Å². The van der Waals surface area contributed by atoms with Crippen LogP contribution in [0.15, 0.2) is 30.9 Å². The molecule has 0 aliphatic rings. The molecule has 2 aromatic heterocycles. The van der Waals surface area contributed by atoms with Crippen LogP contribution in [0, 0.1) is 3.95 Å². The summed E-state index contributed by atoms with van der Waals surface area (Å²) < 4.78 is 5.67. The number of aromatic nitrogens is 4. The Morgan fingerprint density at radius 3 is 3.00 bits per heavy atom. The molecule has 2 heterocycles. The van der Waals surface area contributed by atoms with Crippen LogP contribution in [0.25, 0.3) is 0 Å². The van der Waals surface area contributed by atoms with Gasteiger partial charge in [-0.2, -0.15) is 0 Å². The number of aldehydes is 1. The summed E-state index contributed by atoms with van der Waals surface area (Å²) in [6.07, 6.45) is 5.01. The number of ether oxygens (including phenoxy) is 1.